The number of rotatable bonds is 5. The highest BCUT2D eigenvalue weighted by Crippen LogP contribution is 2.10. The molecule has 86 valence electrons. The van der Waals surface area contributed by atoms with Crippen LogP contribution < -0.4 is 11.1 Å². The molecule has 0 bridgehead atoms. The molecule has 0 heterocycles. The maximum absolute atomic E-state index is 11.4. The fourth-order valence-electron chi connectivity index (χ4n) is 1.28. The van der Waals surface area contributed by atoms with Gasteiger partial charge in [-0.25, -0.2) is 0 Å². The molecule has 0 spiro atoms. The Hall–Kier alpha value is -1.42. The number of amides is 1. The normalized spacial score (nSPS) is 9.81. The number of thiocarbonyl (C=S) groups is 1. The lowest BCUT2D eigenvalue weighted by Gasteiger charge is -2.05. The molecule has 0 saturated heterocycles. The number of hydrogen-bond donors (Lipinski definition) is 2. The van der Waals surface area contributed by atoms with Crippen molar-refractivity contribution in [3.8, 4) is 0 Å². The topological polar surface area (TPSA) is 55.1 Å². The summed E-state index contributed by atoms with van der Waals surface area (Å²) in [6, 6.07) is 7.81. The summed E-state index contributed by atoms with van der Waals surface area (Å²) in [5.41, 5.74) is 7.38. The average Bonchev–Trinajstić information content (AvgIpc) is 2.27. The lowest BCUT2D eigenvalue weighted by molar-refractivity contribution is -0.116. The minimum absolute atomic E-state index is 0.0583. The first-order valence-electron chi connectivity index (χ1n) is 5.29. The molecule has 1 aromatic rings. The van der Waals surface area contributed by atoms with Crippen molar-refractivity contribution in [1.29, 1.82) is 0 Å². The Kier molecular flexibility index (Phi) is 4.92. The van der Waals surface area contributed by atoms with Gasteiger partial charge in [-0.15, -0.1) is 0 Å². The van der Waals surface area contributed by atoms with E-state index in [4.69, 9.17) is 18.0 Å². The second-order valence-electron chi connectivity index (χ2n) is 3.56. The second kappa shape index (κ2) is 6.23. The molecule has 0 fully saturated rings. The molecule has 3 nitrogen and oxygen atoms in total. The van der Waals surface area contributed by atoms with Crippen LogP contribution >= 0.6 is 12.2 Å². The second-order valence-corrected chi connectivity index (χ2v) is 4.09. The van der Waals surface area contributed by atoms with E-state index in [1.807, 2.05) is 24.3 Å². The number of hydrogen-bond acceptors (Lipinski definition) is 2. The maximum atomic E-state index is 11.4. The van der Waals surface area contributed by atoms with Crippen molar-refractivity contribution >= 4 is 28.8 Å². The molecule has 0 aliphatic rings. The van der Waals surface area contributed by atoms with Gasteiger partial charge in [0.1, 0.15) is 0 Å². The lowest BCUT2D eigenvalue weighted by atomic mass is 10.1. The van der Waals surface area contributed by atoms with Gasteiger partial charge in [-0.05, 0) is 24.1 Å². The molecule has 3 N–H and O–H groups in total. The summed E-state index contributed by atoms with van der Waals surface area (Å²) in [4.78, 5) is 11.8. The quantitative estimate of drug-likeness (QED) is 0.771. The number of carbonyl (C=O) groups is 1. The SMILES string of the molecule is CCc1ccc(NC(=O)CCC(N)=S)cc1. The zero-order chi connectivity index (χ0) is 12.0. The van der Waals surface area contributed by atoms with Crippen LogP contribution in [0.25, 0.3) is 0 Å². The van der Waals surface area contributed by atoms with Gasteiger partial charge in [-0.2, -0.15) is 0 Å². The largest absolute Gasteiger partial charge is 0.393 e. The van der Waals surface area contributed by atoms with Crippen molar-refractivity contribution in [3.63, 3.8) is 0 Å². The van der Waals surface area contributed by atoms with Gasteiger partial charge < -0.3 is 11.1 Å². The summed E-state index contributed by atoms with van der Waals surface area (Å²) in [5, 5.41) is 2.79. The standard InChI is InChI=1S/C12H16N2OS/c1-2-9-3-5-10(6-4-9)14-12(15)8-7-11(13)16/h3-6H,2,7-8H2,1H3,(H2,13,16)(H,14,15). The van der Waals surface area contributed by atoms with Crippen LogP contribution in [-0.2, 0) is 11.2 Å². The van der Waals surface area contributed by atoms with E-state index in [9.17, 15) is 4.79 Å². The number of nitrogens with one attached hydrogen (secondary N) is 1. The predicted octanol–water partition coefficient (Wildman–Crippen LogP) is 2.25. The first kappa shape index (κ1) is 12.6. The first-order valence-corrected chi connectivity index (χ1v) is 5.69. The van der Waals surface area contributed by atoms with Crippen molar-refractivity contribution in [1.82, 2.24) is 0 Å². The monoisotopic (exact) mass is 236 g/mol. The number of benzene rings is 1. The van der Waals surface area contributed by atoms with Crippen LogP contribution in [0.4, 0.5) is 5.69 Å². The number of carbonyl (C=O) groups excluding carboxylic acids is 1. The van der Waals surface area contributed by atoms with E-state index < -0.39 is 0 Å². The number of aryl methyl sites for hydroxylation is 1. The van der Waals surface area contributed by atoms with Crippen molar-refractivity contribution in [2.75, 3.05) is 5.32 Å². The number of nitrogens with two attached hydrogens (primary N) is 1. The summed E-state index contributed by atoms with van der Waals surface area (Å²) >= 11 is 4.71. The summed E-state index contributed by atoms with van der Waals surface area (Å²) in [7, 11) is 0. The molecule has 1 rings (SSSR count). The van der Waals surface area contributed by atoms with E-state index in [1.54, 1.807) is 0 Å². The molecule has 0 radical (unpaired) electrons. The minimum atomic E-state index is -0.0583. The molecular formula is C12H16N2OS. The van der Waals surface area contributed by atoms with Gasteiger partial charge in [0.05, 0.1) is 4.99 Å². The highest BCUT2D eigenvalue weighted by atomic mass is 32.1. The molecule has 16 heavy (non-hydrogen) atoms. The first-order chi connectivity index (χ1) is 7.61. The lowest BCUT2D eigenvalue weighted by Crippen LogP contribution is -2.15. The van der Waals surface area contributed by atoms with Crippen molar-refractivity contribution in [2.24, 2.45) is 5.73 Å². The Morgan fingerprint density at radius 1 is 1.31 bits per heavy atom. The fraction of sp³-hybridized carbons (Fsp3) is 0.333. The summed E-state index contributed by atoms with van der Waals surface area (Å²) in [5.74, 6) is -0.0583. The molecule has 0 atom stereocenters. The van der Waals surface area contributed by atoms with E-state index in [0.29, 0.717) is 17.8 Å². The summed E-state index contributed by atoms with van der Waals surface area (Å²) < 4.78 is 0. The highest BCUT2D eigenvalue weighted by molar-refractivity contribution is 7.80. The molecule has 1 aromatic carbocycles. The van der Waals surface area contributed by atoms with Gasteiger partial charge in [0.2, 0.25) is 5.91 Å². The summed E-state index contributed by atoms with van der Waals surface area (Å²) in [6.45, 7) is 2.09. The van der Waals surface area contributed by atoms with Gasteiger partial charge in [-0.1, -0.05) is 31.3 Å². The third-order valence-electron chi connectivity index (χ3n) is 2.24. The average molecular weight is 236 g/mol. The van der Waals surface area contributed by atoms with Gasteiger partial charge in [0, 0.05) is 18.5 Å². The smallest absolute Gasteiger partial charge is 0.224 e. The van der Waals surface area contributed by atoms with Crippen molar-refractivity contribution in [3.05, 3.63) is 29.8 Å². The van der Waals surface area contributed by atoms with Crippen LogP contribution in [-0.4, -0.2) is 10.9 Å². The highest BCUT2D eigenvalue weighted by Gasteiger charge is 2.02. The summed E-state index contributed by atoms with van der Waals surface area (Å²) in [6.07, 6.45) is 1.79. The maximum Gasteiger partial charge on any atom is 0.224 e. The van der Waals surface area contributed by atoms with Crippen molar-refractivity contribution in [2.45, 2.75) is 26.2 Å². The molecule has 0 saturated carbocycles. The Morgan fingerprint density at radius 2 is 1.94 bits per heavy atom. The fourth-order valence-corrected chi connectivity index (χ4v) is 1.39. The molecule has 0 aromatic heterocycles. The molecule has 0 unspecified atom stereocenters. The Bertz CT molecular complexity index is 373. The minimum Gasteiger partial charge on any atom is -0.393 e. The zero-order valence-electron chi connectivity index (χ0n) is 9.32. The molecule has 4 heteroatoms. The number of anilines is 1. The van der Waals surface area contributed by atoms with Gasteiger partial charge in [0.15, 0.2) is 0 Å². The van der Waals surface area contributed by atoms with E-state index in [-0.39, 0.29) is 5.91 Å². The van der Waals surface area contributed by atoms with Gasteiger partial charge in [-0.3, -0.25) is 4.79 Å². The van der Waals surface area contributed by atoms with Gasteiger partial charge >= 0.3 is 0 Å². The van der Waals surface area contributed by atoms with Gasteiger partial charge in [0.25, 0.3) is 0 Å². The van der Waals surface area contributed by atoms with E-state index in [0.717, 1.165) is 12.1 Å². The van der Waals surface area contributed by atoms with E-state index in [2.05, 4.69) is 12.2 Å². The van der Waals surface area contributed by atoms with Crippen LogP contribution in [0.3, 0.4) is 0 Å². The zero-order valence-corrected chi connectivity index (χ0v) is 10.1. The predicted molar refractivity (Wildman–Crippen MR) is 70.5 cm³/mol. The van der Waals surface area contributed by atoms with Crippen LogP contribution in [0.2, 0.25) is 0 Å². The third-order valence-corrected chi connectivity index (χ3v) is 2.45. The molecule has 0 aliphatic carbocycles. The van der Waals surface area contributed by atoms with Crippen LogP contribution in [0, 0.1) is 0 Å². The van der Waals surface area contributed by atoms with Crippen LogP contribution in [0.5, 0.6) is 0 Å². The van der Waals surface area contributed by atoms with Crippen LogP contribution in [0.15, 0.2) is 24.3 Å². The Labute approximate surface area is 101 Å². The van der Waals surface area contributed by atoms with E-state index in [1.165, 1.54) is 5.56 Å². The molecule has 1 amide bonds. The Morgan fingerprint density at radius 3 is 2.44 bits per heavy atom. The van der Waals surface area contributed by atoms with Crippen molar-refractivity contribution < 1.29 is 4.79 Å². The molecular weight excluding hydrogens is 220 g/mol. The van der Waals surface area contributed by atoms with Crippen LogP contribution in [0.1, 0.15) is 25.3 Å². The Balaban J connectivity index is 2.46. The third kappa shape index (κ3) is 4.40. The van der Waals surface area contributed by atoms with E-state index >= 15 is 0 Å². The molecule has 0 aliphatic heterocycles.